The molecule has 0 radical (unpaired) electrons. The van der Waals surface area contributed by atoms with Crippen molar-refractivity contribution in [1.82, 2.24) is 36.7 Å². The van der Waals surface area contributed by atoms with Crippen LogP contribution in [0.5, 0.6) is 11.5 Å². The van der Waals surface area contributed by atoms with Crippen molar-refractivity contribution >= 4 is 41.4 Å². The van der Waals surface area contributed by atoms with Crippen LogP contribution >= 0.6 is 0 Å². The number of amides is 7. The van der Waals surface area contributed by atoms with Gasteiger partial charge in [-0.05, 0) is 76.6 Å². The summed E-state index contributed by atoms with van der Waals surface area (Å²) in [4.78, 5) is 89.8. The summed E-state index contributed by atoms with van der Waals surface area (Å²) < 4.78 is 0. The number of rotatable bonds is 23. The van der Waals surface area contributed by atoms with Crippen molar-refractivity contribution in [3.05, 3.63) is 23.8 Å². The number of hydroxylamine groups is 4. The molecule has 7 amide bonds. The van der Waals surface area contributed by atoms with Crippen molar-refractivity contribution < 1.29 is 64.4 Å². The van der Waals surface area contributed by atoms with E-state index in [9.17, 15) is 64.4 Å². The summed E-state index contributed by atoms with van der Waals surface area (Å²) in [5.41, 5.74) is 16.7. The van der Waals surface area contributed by atoms with Gasteiger partial charge in [-0.25, -0.2) is 10.1 Å². The van der Waals surface area contributed by atoms with E-state index >= 15 is 0 Å². The highest BCUT2D eigenvalue weighted by atomic mass is 16.5. The van der Waals surface area contributed by atoms with E-state index in [1.165, 1.54) is 6.07 Å². The molecular weight excluding hydrogens is 744 g/mol. The van der Waals surface area contributed by atoms with Crippen molar-refractivity contribution in [3.8, 4) is 11.5 Å². The van der Waals surface area contributed by atoms with Crippen molar-refractivity contribution in [1.29, 1.82) is 0 Å². The van der Waals surface area contributed by atoms with E-state index in [-0.39, 0.29) is 64.7 Å². The zero-order valence-corrected chi connectivity index (χ0v) is 30.8. The molecule has 314 valence electrons. The third-order valence-electron chi connectivity index (χ3n) is 8.73. The first-order valence-corrected chi connectivity index (χ1v) is 18.0. The number of para-hydroxylation sites is 1. The Morgan fingerprint density at radius 2 is 1.36 bits per heavy atom. The first-order chi connectivity index (χ1) is 26.6. The van der Waals surface area contributed by atoms with E-state index in [1.807, 2.05) is 0 Å². The number of phenolic OH excluding ortho intramolecular Hbond substituents is 2. The number of aliphatic hydroxyl groups excluding tert-OH is 2. The monoisotopic (exact) mass is 798 g/mol. The Bertz CT molecular complexity index is 1520. The standard InChI is InChI=1S/C33H54N10O13/c34-12-2-8-20(37-30(51)23(16-44)40-27(48)18-6-1-11-25(46)26(18)47)29(50)41-24(17-45)31(52)39-21(9-3-13-35)32(53)42(55)14-4-7-19(36)28(49)38-22-10-5-15-43(56)33(22)54/h1,6,11,19-24,44-47,55-56H,2-5,7-10,12-17,34-36H2,(H,37,51)(H,38,49)(H,39,52)(H,40,48)(H,41,50). The Hall–Kier alpha value is -5.17. The molecule has 17 N–H and O–H groups in total. The molecule has 1 fully saturated rings. The number of nitrogens with one attached hydrogen (secondary N) is 5. The number of carbonyl (C=O) groups is 7. The molecule has 0 saturated carbocycles. The maximum absolute atomic E-state index is 13.3. The van der Waals surface area contributed by atoms with Crippen molar-refractivity contribution in [2.75, 3.05) is 39.4 Å². The molecule has 23 heteroatoms. The number of phenols is 2. The van der Waals surface area contributed by atoms with Crippen LogP contribution in [0.15, 0.2) is 18.2 Å². The highest BCUT2D eigenvalue weighted by Crippen LogP contribution is 2.28. The third-order valence-corrected chi connectivity index (χ3v) is 8.73. The number of nitrogens with zero attached hydrogens (tertiary/aromatic N) is 2. The number of hydrogen-bond donors (Lipinski definition) is 14. The fourth-order valence-corrected chi connectivity index (χ4v) is 5.48. The second-order valence-electron chi connectivity index (χ2n) is 13.0. The van der Waals surface area contributed by atoms with E-state index < -0.39 is 108 Å². The van der Waals surface area contributed by atoms with Gasteiger partial charge in [0.1, 0.15) is 30.2 Å². The van der Waals surface area contributed by atoms with E-state index in [2.05, 4.69) is 26.6 Å². The minimum absolute atomic E-state index is 0.0173. The summed E-state index contributed by atoms with van der Waals surface area (Å²) in [6.07, 6.45) is 1.02. The average molecular weight is 799 g/mol. The molecule has 1 aromatic rings. The lowest BCUT2D eigenvalue weighted by Crippen LogP contribution is -2.59. The van der Waals surface area contributed by atoms with Crippen LogP contribution in [0.2, 0.25) is 0 Å². The molecule has 0 aromatic heterocycles. The molecule has 23 nitrogen and oxygen atoms in total. The molecule has 56 heavy (non-hydrogen) atoms. The molecule has 0 bridgehead atoms. The van der Waals surface area contributed by atoms with Gasteiger partial charge in [-0.3, -0.25) is 44.0 Å². The van der Waals surface area contributed by atoms with Crippen LogP contribution in [0.3, 0.4) is 0 Å². The van der Waals surface area contributed by atoms with Crippen LogP contribution in [-0.4, -0.2) is 158 Å². The Kier molecular flexibility index (Phi) is 19.9. The van der Waals surface area contributed by atoms with Crippen LogP contribution < -0.4 is 43.8 Å². The molecule has 1 aliphatic rings. The normalized spacial score (nSPS) is 16.7. The number of hydrogen-bond acceptors (Lipinski definition) is 16. The van der Waals surface area contributed by atoms with Crippen molar-refractivity contribution in [3.63, 3.8) is 0 Å². The number of carbonyl (C=O) groups excluding carboxylic acids is 7. The Balaban J connectivity index is 2.02. The van der Waals surface area contributed by atoms with E-state index in [0.717, 1.165) is 12.1 Å². The highest BCUT2D eigenvalue weighted by molar-refractivity contribution is 6.01. The van der Waals surface area contributed by atoms with Gasteiger partial charge in [0, 0.05) is 13.1 Å². The molecule has 1 aliphatic heterocycles. The summed E-state index contributed by atoms with van der Waals surface area (Å²) in [5.74, 6) is -7.80. The van der Waals surface area contributed by atoms with Gasteiger partial charge in [-0.2, -0.15) is 0 Å². The van der Waals surface area contributed by atoms with Gasteiger partial charge in [0.2, 0.25) is 23.6 Å². The smallest absolute Gasteiger partial charge is 0.268 e. The predicted molar refractivity (Wildman–Crippen MR) is 193 cm³/mol. The molecule has 1 heterocycles. The van der Waals surface area contributed by atoms with Gasteiger partial charge in [-0.15, -0.1) is 0 Å². The van der Waals surface area contributed by atoms with Gasteiger partial charge >= 0.3 is 0 Å². The average Bonchev–Trinajstić information content (AvgIpc) is 3.17. The van der Waals surface area contributed by atoms with Crippen LogP contribution in [0.1, 0.15) is 61.7 Å². The SMILES string of the molecule is NCCCC(NC(=O)C(CO)NC(=O)c1cccc(O)c1O)C(=O)NC(CO)C(=O)NC(CCCN)C(=O)N(O)CCCC(N)C(=O)NC1CCCN(O)C1=O. The topological polar surface area (TPSA) is 386 Å². The van der Waals surface area contributed by atoms with E-state index in [1.54, 1.807) is 0 Å². The molecule has 0 aliphatic carbocycles. The number of piperidine rings is 1. The van der Waals surface area contributed by atoms with Crippen LogP contribution in [0.4, 0.5) is 0 Å². The lowest BCUT2D eigenvalue weighted by molar-refractivity contribution is -0.173. The molecule has 6 unspecified atom stereocenters. The lowest BCUT2D eigenvalue weighted by atomic mass is 10.0. The van der Waals surface area contributed by atoms with Crippen molar-refractivity contribution in [2.24, 2.45) is 17.2 Å². The highest BCUT2D eigenvalue weighted by Gasteiger charge is 2.33. The predicted octanol–water partition coefficient (Wildman–Crippen LogP) is -5.07. The second-order valence-corrected chi connectivity index (χ2v) is 13.0. The zero-order chi connectivity index (χ0) is 41.9. The van der Waals surface area contributed by atoms with Gasteiger partial charge < -0.3 is 64.2 Å². The Labute approximate surface area is 321 Å². The summed E-state index contributed by atoms with van der Waals surface area (Å²) in [7, 11) is 0. The largest absolute Gasteiger partial charge is 0.504 e. The van der Waals surface area contributed by atoms with Gasteiger partial charge in [0.15, 0.2) is 11.5 Å². The fraction of sp³-hybridized carbons (Fsp3) is 0.606. The first-order valence-electron chi connectivity index (χ1n) is 18.0. The van der Waals surface area contributed by atoms with Gasteiger partial charge in [-0.1, -0.05) is 6.07 Å². The molecular formula is C33H54N10O13. The van der Waals surface area contributed by atoms with Crippen molar-refractivity contribution in [2.45, 2.75) is 87.6 Å². The van der Waals surface area contributed by atoms with Gasteiger partial charge in [0.25, 0.3) is 17.7 Å². The number of benzene rings is 1. The number of aromatic hydroxyl groups is 2. The fourth-order valence-electron chi connectivity index (χ4n) is 5.48. The maximum Gasteiger partial charge on any atom is 0.268 e. The molecule has 0 spiro atoms. The summed E-state index contributed by atoms with van der Waals surface area (Å²) in [6, 6.07) is -4.64. The lowest BCUT2D eigenvalue weighted by Gasteiger charge is -2.28. The van der Waals surface area contributed by atoms with Crippen LogP contribution in [0, 0.1) is 0 Å². The molecule has 6 atom stereocenters. The number of aliphatic hydroxyl groups is 2. The minimum Gasteiger partial charge on any atom is -0.504 e. The maximum atomic E-state index is 13.3. The van der Waals surface area contributed by atoms with Gasteiger partial charge in [0.05, 0.1) is 24.8 Å². The molecule has 1 saturated heterocycles. The molecule has 2 rings (SSSR count). The summed E-state index contributed by atoms with van der Waals surface area (Å²) in [6.45, 7) is -1.93. The van der Waals surface area contributed by atoms with E-state index in [4.69, 9.17) is 17.2 Å². The Morgan fingerprint density at radius 1 is 0.804 bits per heavy atom. The first kappa shape index (κ1) is 47.0. The summed E-state index contributed by atoms with van der Waals surface area (Å²) >= 11 is 0. The second kappa shape index (κ2) is 23.7. The number of nitrogens with two attached hydrogens (primary N) is 3. The minimum atomic E-state index is -1.67. The molecule has 1 aromatic carbocycles. The summed E-state index contributed by atoms with van der Waals surface area (Å²) in [5, 5.41) is 72.0. The Morgan fingerprint density at radius 3 is 1.96 bits per heavy atom. The van der Waals surface area contributed by atoms with E-state index in [0.29, 0.717) is 23.0 Å². The zero-order valence-electron chi connectivity index (χ0n) is 30.8. The van der Waals surface area contributed by atoms with Crippen LogP contribution in [0.25, 0.3) is 0 Å². The van der Waals surface area contributed by atoms with Crippen LogP contribution in [-0.2, 0) is 28.8 Å². The quantitative estimate of drug-likeness (QED) is 0.0280. The third kappa shape index (κ3) is 14.2.